The Morgan fingerprint density at radius 1 is 1.50 bits per heavy atom. The molecule has 1 heterocycles. The molecule has 0 unspecified atom stereocenters. The van der Waals surface area contributed by atoms with Crippen LogP contribution in [0.3, 0.4) is 0 Å². The topological polar surface area (TPSA) is 58.6 Å². The Hall–Kier alpha value is -0.870. The molecule has 1 rings (SSSR count). The van der Waals surface area contributed by atoms with Gasteiger partial charge in [-0.25, -0.2) is 0 Å². The van der Waals surface area contributed by atoms with Crippen LogP contribution in [0.2, 0.25) is 0 Å². The number of ether oxygens (including phenoxy) is 1. The Labute approximate surface area is 85.0 Å². The second-order valence-electron chi connectivity index (χ2n) is 4.24. The van der Waals surface area contributed by atoms with Crippen molar-refractivity contribution in [3.8, 4) is 0 Å². The van der Waals surface area contributed by atoms with Crippen LogP contribution in [-0.4, -0.2) is 35.9 Å². The molecular weight excluding hydrogens is 182 g/mol. The summed E-state index contributed by atoms with van der Waals surface area (Å²) in [5, 5.41) is 12.0. The maximum absolute atomic E-state index is 9.60. The Bertz CT molecular complexity index is 192. The summed E-state index contributed by atoms with van der Waals surface area (Å²) < 4.78 is 4.55. The first-order valence-electron chi connectivity index (χ1n) is 4.51. The number of hydrogen-bond donors (Lipinski definition) is 2. The highest BCUT2D eigenvalue weighted by Gasteiger charge is 2.29. The highest BCUT2D eigenvalue weighted by molar-refractivity contribution is 5.37. The predicted octanol–water partition coefficient (Wildman–Crippen LogP) is 0.465. The van der Waals surface area contributed by atoms with Gasteiger partial charge in [0.2, 0.25) is 0 Å². The standard InChI is InChI=1S/C5H9NO.C5H10O2/c1-2-5(7)3-6-4-5;1-5(2,3)7-4-6/h2,6-7H,1,3-4H2;4H,1-3H3. The van der Waals surface area contributed by atoms with Crippen molar-refractivity contribution in [2.45, 2.75) is 32.0 Å². The number of rotatable bonds is 2. The van der Waals surface area contributed by atoms with Crippen LogP contribution in [0.5, 0.6) is 0 Å². The van der Waals surface area contributed by atoms with Crippen LogP contribution >= 0.6 is 0 Å². The first-order valence-corrected chi connectivity index (χ1v) is 4.51. The van der Waals surface area contributed by atoms with Gasteiger partial charge in [0.25, 0.3) is 6.47 Å². The van der Waals surface area contributed by atoms with Crippen molar-refractivity contribution in [2.24, 2.45) is 0 Å². The monoisotopic (exact) mass is 201 g/mol. The van der Waals surface area contributed by atoms with Gasteiger partial charge in [-0.15, -0.1) is 6.58 Å². The molecular formula is C10H19NO3. The lowest BCUT2D eigenvalue weighted by molar-refractivity contribution is -0.138. The van der Waals surface area contributed by atoms with Crippen molar-refractivity contribution in [3.63, 3.8) is 0 Å². The second-order valence-corrected chi connectivity index (χ2v) is 4.24. The maximum Gasteiger partial charge on any atom is 0.293 e. The number of aliphatic hydroxyl groups is 1. The first kappa shape index (κ1) is 13.1. The number of hydrogen-bond acceptors (Lipinski definition) is 4. The normalized spacial score (nSPS) is 18.3. The fourth-order valence-corrected chi connectivity index (χ4v) is 0.670. The van der Waals surface area contributed by atoms with Crippen LogP contribution in [0.25, 0.3) is 0 Å². The Morgan fingerprint density at radius 3 is 2.00 bits per heavy atom. The van der Waals surface area contributed by atoms with E-state index in [0.717, 1.165) is 0 Å². The first-order chi connectivity index (χ1) is 6.33. The molecule has 1 saturated heterocycles. The fraction of sp³-hybridized carbons (Fsp3) is 0.700. The number of nitrogens with one attached hydrogen (secondary N) is 1. The number of carbonyl (C=O) groups excluding carboxylic acids is 1. The summed E-state index contributed by atoms with van der Waals surface area (Å²) in [7, 11) is 0. The molecule has 0 aliphatic carbocycles. The Morgan fingerprint density at radius 2 is 2.00 bits per heavy atom. The van der Waals surface area contributed by atoms with Crippen molar-refractivity contribution in [1.29, 1.82) is 0 Å². The molecule has 1 fully saturated rings. The van der Waals surface area contributed by atoms with E-state index in [9.17, 15) is 4.79 Å². The van der Waals surface area contributed by atoms with Gasteiger partial charge in [-0.3, -0.25) is 4.79 Å². The molecule has 0 radical (unpaired) electrons. The van der Waals surface area contributed by atoms with E-state index < -0.39 is 5.60 Å². The van der Waals surface area contributed by atoms with E-state index in [-0.39, 0.29) is 5.60 Å². The summed E-state index contributed by atoms with van der Waals surface area (Å²) in [6.07, 6.45) is 1.57. The average Bonchev–Trinajstić information content (AvgIpc) is 1.99. The molecule has 1 aliphatic heterocycles. The minimum absolute atomic E-state index is 0.318. The largest absolute Gasteiger partial charge is 0.462 e. The van der Waals surface area contributed by atoms with Crippen molar-refractivity contribution in [2.75, 3.05) is 13.1 Å². The zero-order valence-electron chi connectivity index (χ0n) is 9.04. The van der Waals surface area contributed by atoms with Crippen LogP contribution in [0.15, 0.2) is 12.7 Å². The van der Waals surface area contributed by atoms with E-state index in [2.05, 4.69) is 16.6 Å². The lowest BCUT2D eigenvalue weighted by Crippen LogP contribution is -2.57. The summed E-state index contributed by atoms with van der Waals surface area (Å²) in [4.78, 5) is 9.60. The Kier molecular flexibility index (Phi) is 4.80. The molecule has 1 aliphatic rings. The van der Waals surface area contributed by atoms with E-state index in [1.165, 1.54) is 0 Å². The average molecular weight is 201 g/mol. The molecule has 4 nitrogen and oxygen atoms in total. The third-order valence-corrected chi connectivity index (χ3v) is 1.64. The zero-order chi connectivity index (χ0) is 11.2. The van der Waals surface area contributed by atoms with Gasteiger partial charge in [0.1, 0.15) is 11.2 Å². The molecule has 0 aromatic heterocycles. The van der Waals surface area contributed by atoms with Crippen molar-refractivity contribution >= 4 is 6.47 Å². The number of β-amino-alcohol motifs (C(OH)–C–C–N with tert-alkyl or cyclic N) is 1. The van der Waals surface area contributed by atoms with Crippen LogP contribution in [0.1, 0.15) is 20.8 Å². The molecule has 0 bridgehead atoms. The lowest BCUT2D eigenvalue weighted by Gasteiger charge is -2.34. The molecule has 0 atom stereocenters. The third-order valence-electron chi connectivity index (χ3n) is 1.64. The summed E-state index contributed by atoms with van der Waals surface area (Å²) in [5.41, 5.74) is -0.901. The van der Waals surface area contributed by atoms with Crippen LogP contribution in [-0.2, 0) is 9.53 Å². The van der Waals surface area contributed by atoms with Gasteiger partial charge in [0.15, 0.2) is 0 Å². The van der Waals surface area contributed by atoms with Gasteiger partial charge in [-0.2, -0.15) is 0 Å². The minimum atomic E-state index is -0.583. The second kappa shape index (κ2) is 5.12. The quantitative estimate of drug-likeness (QED) is 0.503. The van der Waals surface area contributed by atoms with Gasteiger partial charge >= 0.3 is 0 Å². The summed E-state index contributed by atoms with van der Waals surface area (Å²) in [5.74, 6) is 0. The van der Waals surface area contributed by atoms with E-state index in [0.29, 0.717) is 19.6 Å². The lowest BCUT2D eigenvalue weighted by atomic mass is 9.98. The summed E-state index contributed by atoms with van der Waals surface area (Å²) >= 11 is 0. The fourth-order valence-electron chi connectivity index (χ4n) is 0.670. The van der Waals surface area contributed by atoms with Gasteiger partial charge in [-0.05, 0) is 20.8 Å². The summed E-state index contributed by atoms with van der Waals surface area (Å²) in [6, 6.07) is 0. The van der Waals surface area contributed by atoms with Gasteiger partial charge < -0.3 is 15.2 Å². The highest BCUT2D eigenvalue weighted by atomic mass is 16.5. The molecule has 0 saturated carbocycles. The molecule has 0 amide bonds. The van der Waals surface area contributed by atoms with Crippen molar-refractivity contribution in [3.05, 3.63) is 12.7 Å². The SMILES string of the molecule is C=CC1(O)CNC1.CC(C)(C)OC=O. The molecule has 14 heavy (non-hydrogen) atoms. The van der Waals surface area contributed by atoms with Gasteiger partial charge in [0.05, 0.1) is 0 Å². The van der Waals surface area contributed by atoms with Crippen molar-refractivity contribution < 1.29 is 14.6 Å². The molecule has 0 aromatic carbocycles. The molecule has 82 valence electrons. The smallest absolute Gasteiger partial charge is 0.293 e. The zero-order valence-corrected chi connectivity index (χ0v) is 9.04. The third kappa shape index (κ3) is 5.72. The molecule has 0 spiro atoms. The number of carbonyl (C=O) groups is 1. The van der Waals surface area contributed by atoms with Gasteiger partial charge in [-0.1, -0.05) is 6.08 Å². The Balaban J connectivity index is 0.000000241. The van der Waals surface area contributed by atoms with Crippen LogP contribution < -0.4 is 5.32 Å². The highest BCUT2D eigenvalue weighted by Crippen LogP contribution is 2.09. The van der Waals surface area contributed by atoms with Crippen LogP contribution in [0, 0.1) is 0 Å². The van der Waals surface area contributed by atoms with Crippen LogP contribution in [0.4, 0.5) is 0 Å². The summed E-state index contributed by atoms with van der Waals surface area (Å²) in [6.45, 7) is 10.7. The van der Waals surface area contributed by atoms with E-state index in [4.69, 9.17) is 5.11 Å². The maximum atomic E-state index is 9.60. The minimum Gasteiger partial charge on any atom is -0.462 e. The molecule has 4 heteroatoms. The van der Waals surface area contributed by atoms with Crippen molar-refractivity contribution in [1.82, 2.24) is 5.32 Å². The molecule has 2 N–H and O–H groups in total. The van der Waals surface area contributed by atoms with E-state index in [1.54, 1.807) is 6.08 Å². The molecule has 0 aromatic rings. The van der Waals surface area contributed by atoms with E-state index >= 15 is 0 Å². The van der Waals surface area contributed by atoms with E-state index in [1.807, 2.05) is 20.8 Å². The van der Waals surface area contributed by atoms with Gasteiger partial charge in [0, 0.05) is 13.1 Å². The predicted molar refractivity (Wildman–Crippen MR) is 54.9 cm³/mol.